The number of nitrogens with one attached hydrogen (secondary N) is 1. The zero-order valence-corrected chi connectivity index (χ0v) is 11.1. The van der Waals surface area contributed by atoms with Crippen LogP contribution < -0.4 is 5.32 Å². The van der Waals surface area contributed by atoms with Crippen LogP contribution in [0.5, 0.6) is 0 Å². The smallest absolute Gasteiger partial charge is 0.311 e. The van der Waals surface area contributed by atoms with Crippen LogP contribution in [0.3, 0.4) is 0 Å². The van der Waals surface area contributed by atoms with Gasteiger partial charge in [0.1, 0.15) is 0 Å². The highest BCUT2D eigenvalue weighted by Crippen LogP contribution is 2.24. The van der Waals surface area contributed by atoms with E-state index >= 15 is 0 Å². The summed E-state index contributed by atoms with van der Waals surface area (Å²) < 4.78 is 5.31. The van der Waals surface area contributed by atoms with Gasteiger partial charge in [-0.1, -0.05) is 12.1 Å². The highest BCUT2D eigenvalue weighted by molar-refractivity contribution is 5.65. The summed E-state index contributed by atoms with van der Waals surface area (Å²) in [7, 11) is 0. The number of ether oxygens (including phenoxy) is 1. The number of nitrogens with zero attached hydrogens (tertiary/aromatic N) is 2. The van der Waals surface area contributed by atoms with E-state index in [2.05, 4.69) is 10.3 Å². The SMILES string of the molecule is CCOCc1ccc(Nc2ncccc2[N+](=O)[O-])cc1. The Labute approximate surface area is 116 Å². The molecule has 0 aliphatic heterocycles. The molecule has 2 aromatic rings. The fourth-order valence-corrected chi connectivity index (χ4v) is 1.68. The number of nitro groups is 1. The molecule has 0 aliphatic carbocycles. The zero-order valence-electron chi connectivity index (χ0n) is 11.1. The minimum Gasteiger partial charge on any atom is -0.377 e. The summed E-state index contributed by atoms with van der Waals surface area (Å²) in [5, 5.41) is 13.8. The summed E-state index contributed by atoms with van der Waals surface area (Å²) in [6.45, 7) is 3.16. The van der Waals surface area contributed by atoms with Crippen molar-refractivity contribution in [2.75, 3.05) is 11.9 Å². The van der Waals surface area contributed by atoms with E-state index in [0.29, 0.717) is 13.2 Å². The van der Waals surface area contributed by atoms with Gasteiger partial charge in [0, 0.05) is 24.6 Å². The standard InChI is InChI=1S/C14H15N3O3/c1-2-20-10-11-5-7-12(8-6-11)16-14-13(17(18)19)4-3-9-15-14/h3-9H,2,10H2,1H3,(H,15,16). The van der Waals surface area contributed by atoms with E-state index < -0.39 is 4.92 Å². The molecule has 2 rings (SSSR count). The number of benzene rings is 1. The molecular formula is C14H15N3O3. The summed E-state index contributed by atoms with van der Waals surface area (Å²) in [4.78, 5) is 14.4. The number of rotatable bonds is 6. The highest BCUT2D eigenvalue weighted by Gasteiger charge is 2.13. The van der Waals surface area contributed by atoms with Crippen molar-refractivity contribution < 1.29 is 9.66 Å². The Morgan fingerprint density at radius 3 is 2.70 bits per heavy atom. The molecule has 0 bridgehead atoms. The normalized spacial score (nSPS) is 10.2. The van der Waals surface area contributed by atoms with E-state index in [4.69, 9.17) is 4.74 Å². The van der Waals surface area contributed by atoms with Crippen LogP contribution in [0.2, 0.25) is 0 Å². The van der Waals surface area contributed by atoms with Crippen LogP contribution in [-0.2, 0) is 11.3 Å². The predicted molar refractivity (Wildman–Crippen MR) is 75.9 cm³/mol. The molecule has 0 aliphatic rings. The van der Waals surface area contributed by atoms with Crippen LogP contribution in [0, 0.1) is 10.1 Å². The second kappa shape index (κ2) is 6.63. The largest absolute Gasteiger partial charge is 0.377 e. The highest BCUT2D eigenvalue weighted by atomic mass is 16.6. The molecule has 1 N–H and O–H groups in total. The first-order chi connectivity index (χ1) is 9.70. The number of pyridine rings is 1. The van der Waals surface area contributed by atoms with Gasteiger partial charge in [0.15, 0.2) is 0 Å². The van der Waals surface area contributed by atoms with Gasteiger partial charge in [0.2, 0.25) is 5.82 Å². The molecule has 104 valence electrons. The monoisotopic (exact) mass is 273 g/mol. The first-order valence-electron chi connectivity index (χ1n) is 6.24. The molecule has 0 saturated heterocycles. The maximum absolute atomic E-state index is 10.9. The molecule has 0 spiro atoms. The fourth-order valence-electron chi connectivity index (χ4n) is 1.68. The summed E-state index contributed by atoms with van der Waals surface area (Å²) >= 11 is 0. The van der Waals surface area contributed by atoms with E-state index in [-0.39, 0.29) is 11.5 Å². The van der Waals surface area contributed by atoms with Gasteiger partial charge in [0.25, 0.3) is 0 Å². The maximum atomic E-state index is 10.9. The Hall–Kier alpha value is -2.47. The second-order valence-electron chi connectivity index (χ2n) is 4.09. The molecule has 0 unspecified atom stereocenters. The van der Waals surface area contributed by atoms with Gasteiger partial charge in [0.05, 0.1) is 11.5 Å². The van der Waals surface area contributed by atoms with Crippen LogP contribution in [0.1, 0.15) is 12.5 Å². The Morgan fingerprint density at radius 1 is 1.30 bits per heavy atom. The van der Waals surface area contributed by atoms with Gasteiger partial charge >= 0.3 is 5.69 Å². The Kier molecular flexibility index (Phi) is 4.62. The molecule has 1 aromatic carbocycles. The molecule has 0 radical (unpaired) electrons. The summed E-state index contributed by atoms with van der Waals surface area (Å²) in [6.07, 6.45) is 1.51. The van der Waals surface area contributed by atoms with Gasteiger partial charge in [-0.05, 0) is 30.7 Å². The summed E-state index contributed by atoms with van der Waals surface area (Å²) in [5.74, 6) is 0.232. The first-order valence-corrected chi connectivity index (χ1v) is 6.24. The number of aromatic nitrogens is 1. The molecule has 1 heterocycles. The van der Waals surface area contributed by atoms with Crippen LogP contribution in [-0.4, -0.2) is 16.5 Å². The third kappa shape index (κ3) is 3.52. The number of anilines is 2. The minimum absolute atomic E-state index is 0.0501. The van der Waals surface area contributed by atoms with Crippen molar-refractivity contribution in [2.24, 2.45) is 0 Å². The fraction of sp³-hybridized carbons (Fsp3) is 0.214. The van der Waals surface area contributed by atoms with Crippen LogP contribution in [0.4, 0.5) is 17.2 Å². The van der Waals surface area contributed by atoms with E-state index in [9.17, 15) is 10.1 Å². The average Bonchev–Trinajstić information content (AvgIpc) is 2.47. The Bertz CT molecular complexity index is 584. The lowest BCUT2D eigenvalue weighted by Gasteiger charge is -2.07. The van der Waals surface area contributed by atoms with Crippen molar-refractivity contribution in [1.29, 1.82) is 0 Å². The minimum atomic E-state index is -0.460. The van der Waals surface area contributed by atoms with Gasteiger partial charge in [-0.25, -0.2) is 4.98 Å². The van der Waals surface area contributed by atoms with Crippen molar-refractivity contribution in [3.63, 3.8) is 0 Å². The Balaban J connectivity index is 2.12. The maximum Gasteiger partial charge on any atom is 0.311 e. The molecule has 0 saturated carbocycles. The quantitative estimate of drug-likeness (QED) is 0.645. The van der Waals surface area contributed by atoms with E-state index in [0.717, 1.165) is 11.3 Å². The number of hydrogen-bond donors (Lipinski definition) is 1. The summed E-state index contributed by atoms with van der Waals surface area (Å²) in [6, 6.07) is 10.5. The van der Waals surface area contributed by atoms with Crippen LogP contribution >= 0.6 is 0 Å². The second-order valence-corrected chi connectivity index (χ2v) is 4.09. The van der Waals surface area contributed by atoms with Crippen molar-refractivity contribution >= 4 is 17.2 Å². The topological polar surface area (TPSA) is 77.3 Å². The van der Waals surface area contributed by atoms with Crippen molar-refractivity contribution in [1.82, 2.24) is 4.98 Å². The van der Waals surface area contributed by atoms with Gasteiger partial charge in [-0.3, -0.25) is 10.1 Å². The molecule has 0 amide bonds. The van der Waals surface area contributed by atoms with Gasteiger partial charge in [-0.15, -0.1) is 0 Å². The Morgan fingerprint density at radius 2 is 2.05 bits per heavy atom. The summed E-state index contributed by atoms with van der Waals surface area (Å²) in [5.41, 5.74) is 1.74. The molecule has 6 nitrogen and oxygen atoms in total. The molecule has 0 fully saturated rings. The molecule has 1 aromatic heterocycles. The van der Waals surface area contributed by atoms with Crippen LogP contribution in [0.15, 0.2) is 42.6 Å². The van der Waals surface area contributed by atoms with Crippen LogP contribution in [0.25, 0.3) is 0 Å². The van der Waals surface area contributed by atoms with E-state index in [1.165, 1.54) is 18.3 Å². The first kappa shape index (κ1) is 14.0. The van der Waals surface area contributed by atoms with Crippen molar-refractivity contribution in [2.45, 2.75) is 13.5 Å². The number of hydrogen-bond acceptors (Lipinski definition) is 5. The molecule has 20 heavy (non-hydrogen) atoms. The van der Waals surface area contributed by atoms with Gasteiger partial charge in [-0.2, -0.15) is 0 Å². The zero-order chi connectivity index (χ0) is 14.4. The third-order valence-corrected chi connectivity index (χ3v) is 2.67. The predicted octanol–water partition coefficient (Wildman–Crippen LogP) is 3.27. The molecule has 0 atom stereocenters. The lowest BCUT2D eigenvalue weighted by molar-refractivity contribution is -0.384. The lowest BCUT2D eigenvalue weighted by atomic mass is 10.2. The third-order valence-electron chi connectivity index (χ3n) is 2.67. The van der Waals surface area contributed by atoms with Crippen molar-refractivity contribution in [3.8, 4) is 0 Å². The van der Waals surface area contributed by atoms with Crippen molar-refractivity contribution in [3.05, 3.63) is 58.3 Å². The van der Waals surface area contributed by atoms with E-state index in [1.807, 2.05) is 31.2 Å². The molecular weight excluding hydrogens is 258 g/mol. The van der Waals surface area contributed by atoms with E-state index in [1.54, 1.807) is 0 Å². The van der Waals surface area contributed by atoms with Gasteiger partial charge < -0.3 is 10.1 Å². The average molecular weight is 273 g/mol. The molecule has 6 heteroatoms. The lowest BCUT2D eigenvalue weighted by Crippen LogP contribution is -1.99.